The van der Waals surface area contributed by atoms with Gasteiger partial charge in [0.05, 0.1) is 11.0 Å². The molecule has 2 aliphatic rings. The molecule has 1 heterocycles. The second kappa shape index (κ2) is 13.6. The van der Waals surface area contributed by atoms with E-state index in [2.05, 4.69) is 12.6 Å². The van der Waals surface area contributed by atoms with Crippen molar-refractivity contribution in [3.05, 3.63) is 102 Å². The topological polar surface area (TPSA) is 149 Å². The van der Waals surface area contributed by atoms with Gasteiger partial charge in [0.25, 0.3) is 0 Å². The number of nitrogens with zero attached hydrogens (tertiary/aromatic N) is 2. The number of carbonyl (C=O) groups excluding carboxylic acids is 2. The summed E-state index contributed by atoms with van der Waals surface area (Å²) in [6, 6.07) is 21.3. The molecule has 0 bridgehead atoms. The number of hydrogen-bond acceptors (Lipinski definition) is 8. The highest BCUT2D eigenvalue weighted by molar-refractivity contribution is 7.92. The van der Waals surface area contributed by atoms with Crippen LogP contribution in [0.1, 0.15) is 30.4 Å². The first-order valence-corrected chi connectivity index (χ1v) is 16.4. The monoisotopic (exact) mass is 647 g/mol. The first kappa shape index (κ1) is 32.5. The number of amides is 2. The molecule has 2 fully saturated rings. The molecule has 0 radical (unpaired) electrons. The minimum Gasteiger partial charge on any atom is -0.490 e. The predicted molar refractivity (Wildman–Crippen MR) is 166 cm³/mol. The number of carbonyl (C=O) groups is 2. The summed E-state index contributed by atoms with van der Waals surface area (Å²) in [6.45, 7) is 4.04. The Labute approximate surface area is 267 Å². The van der Waals surface area contributed by atoms with Gasteiger partial charge in [0.15, 0.2) is 9.84 Å². The van der Waals surface area contributed by atoms with Crippen LogP contribution in [0.5, 0.6) is 11.5 Å². The number of benzene rings is 3. The van der Waals surface area contributed by atoms with Gasteiger partial charge in [0.2, 0.25) is 5.91 Å². The Morgan fingerprint density at radius 1 is 1.00 bits per heavy atom. The third-order valence-electron chi connectivity index (χ3n) is 8.59. The number of hydrogen-bond donors (Lipinski definition) is 1. The van der Waals surface area contributed by atoms with E-state index in [0.29, 0.717) is 35.5 Å². The zero-order chi connectivity index (χ0) is 32.9. The van der Waals surface area contributed by atoms with Crippen LogP contribution >= 0.6 is 0 Å². The molecule has 3 aromatic rings. The van der Waals surface area contributed by atoms with Crippen molar-refractivity contribution in [1.29, 1.82) is 5.26 Å². The van der Waals surface area contributed by atoms with E-state index >= 15 is 0 Å². The van der Waals surface area contributed by atoms with E-state index in [-0.39, 0.29) is 37.1 Å². The molecule has 46 heavy (non-hydrogen) atoms. The van der Waals surface area contributed by atoms with Crippen LogP contribution in [0.25, 0.3) is 0 Å². The molecule has 240 valence electrons. The lowest BCUT2D eigenvalue weighted by atomic mass is 9.65. The third kappa shape index (κ3) is 6.55. The molecule has 1 saturated carbocycles. The molecule has 10 nitrogen and oxygen atoms in total. The van der Waals surface area contributed by atoms with Gasteiger partial charge in [0.1, 0.15) is 47.3 Å². The van der Waals surface area contributed by atoms with Crippen LogP contribution in [0, 0.1) is 23.1 Å². The van der Waals surface area contributed by atoms with Gasteiger partial charge in [0, 0.05) is 19.0 Å². The zero-order valence-electron chi connectivity index (χ0n) is 25.0. The van der Waals surface area contributed by atoms with Crippen molar-refractivity contribution in [3.8, 4) is 17.6 Å². The molecule has 5 rings (SSSR count). The molecule has 1 saturated heterocycles. The van der Waals surface area contributed by atoms with Crippen LogP contribution in [0.2, 0.25) is 0 Å². The quantitative estimate of drug-likeness (QED) is 0.223. The summed E-state index contributed by atoms with van der Waals surface area (Å²) in [5.41, 5.74) is 5.08. The number of rotatable bonds is 12. The first-order chi connectivity index (χ1) is 22.1. The Balaban J connectivity index is 1.21. The molecular weight excluding hydrogens is 613 g/mol. The fourth-order valence-corrected chi connectivity index (χ4v) is 7.90. The van der Waals surface area contributed by atoms with Crippen LogP contribution in [-0.4, -0.2) is 63.0 Å². The number of halogens is 1. The van der Waals surface area contributed by atoms with Crippen molar-refractivity contribution in [3.63, 3.8) is 0 Å². The highest BCUT2D eigenvalue weighted by Gasteiger charge is 2.50. The van der Waals surface area contributed by atoms with Gasteiger partial charge in [-0.1, -0.05) is 30.8 Å². The van der Waals surface area contributed by atoms with Crippen molar-refractivity contribution >= 4 is 21.8 Å². The van der Waals surface area contributed by atoms with E-state index in [0.717, 1.165) is 6.42 Å². The molecule has 1 aliphatic carbocycles. The van der Waals surface area contributed by atoms with Crippen molar-refractivity contribution in [2.75, 3.05) is 26.3 Å². The SMILES string of the molecule is C=CC(=O)N1CC(S(=O)(=O)c2ccc(OCCOc3ccc(C(C#N)(c4cccc(F)c4)[C@H]4CCC[C@@H]4OC(N)=O)cc3)cc2)C1. The van der Waals surface area contributed by atoms with Crippen molar-refractivity contribution in [1.82, 2.24) is 4.90 Å². The summed E-state index contributed by atoms with van der Waals surface area (Å²) in [4.78, 5) is 24.8. The number of primary amides is 1. The Morgan fingerprint density at radius 2 is 1.63 bits per heavy atom. The van der Waals surface area contributed by atoms with Gasteiger partial charge >= 0.3 is 6.09 Å². The van der Waals surface area contributed by atoms with E-state index in [1.807, 2.05) is 0 Å². The minimum atomic E-state index is -3.58. The van der Waals surface area contributed by atoms with Gasteiger partial charge in [-0.2, -0.15) is 5.26 Å². The highest BCUT2D eigenvalue weighted by Crippen LogP contribution is 2.48. The number of nitrogens with two attached hydrogens (primary N) is 1. The Bertz CT molecular complexity index is 1740. The smallest absolute Gasteiger partial charge is 0.404 e. The third-order valence-corrected chi connectivity index (χ3v) is 10.7. The van der Waals surface area contributed by atoms with Crippen LogP contribution in [-0.2, 0) is 24.8 Å². The molecule has 3 atom stereocenters. The Morgan fingerprint density at radius 3 is 2.20 bits per heavy atom. The number of nitriles is 1. The maximum absolute atomic E-state index is 14.4. The fourth-order valence-electron chi connectivity index (χ4n) is 6.25. The molecule has 2 N–H and O–H groups in total. The summed E-state index contributed by atoms with van der Waals surface area (Å²) in [5, 5.41) is 9.98. The van der Waals surface area contributed by atoms with E-state index in [1.165, 1.54) is 35.2 Å². The van der Waals surface area contributed by atoms with Gasteiger partial charge < -0.3 is 24.8 Å². The summed E-state index contributed by atoms with van der Waals surface area (Å²) in [5.74, 6) is -0.237. The predicted octanol–water partition coefficient (Wildman–Crippen LogP) is 4.53. The maximum Gasteiger partial charge on any atom is 0.404 e. The number of ether oxygens (including phenoxy) is 3. The Hall–Kier alpha value is -4.89. The standard InChI is InChI=1S/C34H34FN3O7S/c1-2-32(39)38-20-29(21-38)46(41,42)28-15-13-27(14-16-28)44-18-17-43-26-11-9-23(10-12-26)34(22-36,24-5-3-6-25(35)19-24)30-7-4-8-31(30)45-33(37)40/h2-3,5-6,9-16,19,29-31H,1,4,7-8,17-18,20-21H2,(H2,37,40)/t30-,31-,34?/m0/s1. The van der Waals surface area contributed by atoms with Crippen LogP contribution < -0.4 is 15.2 Å². The number of sulfone groups is 1. The second-order valence-electron chi connectivity index (χ2n) is 11.2. The molecule has 2 amide bonds. The van der Waals surface area contributed by atoms with E-state index in [1.54, 1.807) is 48.5 Å². The summed E-state index contributed by atoms with van der Waals surface area (Å²) < 4.78 is 57.0. The average molecular weight is 648 g/mol. The van der Waals surface area contributed by atoms with Gasteiger partial charge in [-0.05, 0) is 85.0 Å². The van der Waals surface area contributed by atoms with E-state index in [9.17, 15) is 27.7 Å². The van der Waals surface area contributed by atoms with Gasteiger partial charge in [-0.15, -0.1) is 0 Å². The van der Waals surface area contributed by atoms with Crippen molar-refractivity contribution < 1.29 is 36.6 Å². The van der Waals surface area contributed by atoms with Crippen LogP contribution in [0.3, 0.4) is 0 Å². The lowest BCUT2D eigenvalue weighted by molar-refractivity contribution is -0.129. The van der Waals surface area contributed by atoms with Crippen LogP contribution in [0.4, 0.5) is 9.18 Å². The second-order valence-corrected chi connectivity index (χ2v) is 13.5. The molecular formula is C34H34FN3O7S. The number of likely N-dealkylation sites (tertiary alicyclic amines) is 1. The van der Waals surface area contributed by atoms with Crippen molar-refractivity contribution in [2.24, 2.45) is 11.7 Å². The normalized spacial score (nSPS) is 19.3. The zero-order valence-corrected chi connectivity index (χ0v) is 25.8. The summed E-state index contributed by atoms with van der Waals surface area (Å²) in [7, 11) is -3.58. The molecule has 12 heteroatoms. The van der Waals surface area contributed by atoms with E-state index < -0.39 is 44.4 Å². The van der Waals surface area contributed by atoms with Gasteiger partial charge in [-0.3, -0.25) is 4.79 Å². The largest absolute Gasteiger partial charge is 0.490 e. The summed E-state index contributed by atoms with van der Waals surface area (Å²) in [6.07, 6.45) is 1.50. The summed E-state index contributed by atoms with van der Waals surface area (Å²) >= 11 is 0. The fraction of sp³-hybridized carbons (Fsp3) is 0.324. The lowest BCUT2D eigenvalue weighted by Gasteiger charge is -2.37. The maximum atomic E-state index is 14.4. The van der Waals surface area contributed by atoms with E-state index in [4.69, 9.17) is 19.9 Å². The average Bonchev–Trinajstić information content (AvgIpc) is 3.47. The molecule has 0 spiro atoms. The minimum absolute atomic E-state index is 0.136. The molecule has 3 aromatic carbocycles. The molecule has 1 unspecified atom stereocenters. The highest BCUT2D eigenvalue weighted by atomic mass is 32.2. The Kier molecular flexibility index (Phi) is 9.63. The van der Waals surface area contributed by atoms with Crippen molar-refractivity contribution in [2.45, 2.75) is 40.9 Å². The first-order valence-electron chi connectivity index (χ1n) is 14.8. The lowest BCUT2D eigenvalue weighted by Crippen LogP contribution is -2.56. The van der Waals surface area contributed by atoms with Crippen LogP contribution in [0.15, 0.2) is 90.3 Å². The molecule has 0 aromatic heterocycles. The van der Waals surface area contributed by atoms with Gasteiger partial charge in [-0.25, -0.2) is 17.6 Å². The molecule has 1 aliphatic heterocycles.